The van der Waals surface area contributed by atoms with Crippen LogP contribution in [0.4, 0.5) is 0 Å². The quantitative estimate of drug-likeness (QED) is 0.731. The molecular formula is C16H14N2OS. The van der Waals surface area contributed by atoms with Gasteiger partial charge in [-0.05, 0) is 37.6 Å². The molecule has 2 aromatic carbocycles. The number of imidazole rings is 1. The SMILES string of the molecule is CC(=O)c1ccccc1Sc1nc2ccc(C)cc2[nH]1. The number of Topliss-reactive ketones (excluding diaryl/α,β-unsaturated/α-hetero) is 1. The summed E-state index contributed by atoms with van der Waals surface area (Å²) < 4.78 is 0. The lowest BCUT2D eigenvalue weighted by Crippen LogP contribution is -1.94. The molecule has 3 aromatic rings. The van der Waals surface area contributed by atoms with Gasteiger partial charge in [-0.1, -0.05) is 36.0 Å². The highest BCUT2D eigenvalue weighted by atomic mass is 32.2. The number of benzene rings is 2. The van der Waals surface area contributed by atoms with Gasteiger partial charge in [0.1, 0.15) is 0 Å². The lowest BCUT2D eigenvalue weighted by molar-refractivity contribution is 0.101. The van der Waals surface area contributed by atoms with Gasteiger partial charge in [-0.15, -0.1) is 0 Å². The van der Waals surface area contributed by atoms with Gasteiger partial charge in [-0.2, -0.15) is 0 Å². The summed E-state index contributed by atoms with van der Waals surface area (Å²) in [6.45, 7) is 3.64. The Kier molecular flexibility index (Phi) is 3.32. The molecule has 0 fully saturated rings. The molecule has 3 rings (SSSR count). The van der Waals surface area contributed by atoms with Crippen LogP contribution >= 0.6 is 11.8 Å². The number of rotatable bonds is 3. The van der Waals surface area contributed by atoms with Crippen LogP contribution in [0, 0.1) is 6.92 Å². The second-order valence-electron chi connectivity index (χ2n) is 4.72. The third-order valence-corrected chi connectivity index (χ3v) is 4.05. The van der Waals surface area contributed by atoms with Gasteiger partial charge in [0.25, 0.3) is 0 Å². The van der Waals surface area contributed by atoms with Crippen molar-refractivity contribution in [2.45, 2.75) is 23.9 Å². The van der Waals surface area contributed by atoms with Gasteiger partial charge in [0, 0.05) is 10.5 Å². The third kappa shape index (κ3) is 2.47. The van der Waals surface area contributed by atoms with Crippen molar-refractivity contribution in [2.75, 3.05) is 0 Å². The molecule has 0 aliphatic rings. The molecule has 1 aromatic heterocycles. The largest absolute Gasteiger partial charge is 0.333 e. The minimum Gasteiger partial charge on any atom is -0.333 e. The van der Waals surface area contributed by atoms with Gasteiger partial charge >= 0.3 is 0 Å². The van der Waals surface area contributed by atoms with E-state index >= 15 is 0 Å². The van der Waals surface area contributed by atoms with Crippen molar-refractivity contribution in [1.29, 1.82) is 0 Å². The van der Waals surface area contributed by atoms with E-state index in [4.69, 9.17) is 0 Å². The number of hydrogen-bond acceptors (Lipinski definition) is 3. The molecular weight excluding hydrogens is 268 g/mol. The van der Waals surface area contributed by atoms with Crippen LogP contribution < -0.4 is 0 Å². The minimum atomic E-state index is 0.0695. The molecule has 100 valence electrons. The van der Waals surface area contributed by atoms with Crippen molar-refractivity contribution in [3.05, 3.63) is 53.6 Å². The number of hydrogen-bond donors (Lipinski definition) is 1. The van der Waals surface area contributed by atoms with E-state index < -0.39 is 0 Å². The summed E-state index contributed by atoms with van der Waals surface area (Å²) in [6.07, 6.45) is 0. The number of fused-ring (bicyclic) bond motifs is 1. The summed E-state index contributed by atoms with van der Waals surface area (Å²) in [5.74, 6) is 0.0695. The van der Waals surface area contributed by atoms with E-state index in [1.54, 1.807) is 6.92 Å². The van der Waals surface area contributed by atoms with Crippen LogP contribution in [-0.2, 0) is 0 Å². The standard InChI is InChI=1S/C16H14N2OS/c1-10-7-8-13-14(9-10)18-16(17-13)20-15-6-4-3-5-12(15)11(2)19/h3-9H,1-2H3,(H,17,18). The smallest absolute Gasteiger partial charge is 0.171 e. The molecule has 0 unspecified atom stereocenters. The highest BCUT2D eigenvalue weighted by Crippen LogP contribution is 2.30. The maximum Gasteiger partial charge on any atom is 0.171 e. The van der Waals surface area contributed by atoms with Crippen LogP contribution in [0.25, 0.3) is 11.0 Å². The van der Waals surface area contributed by atoms with Crippen LogP contribution in [0.15, 0.2) is 52.5 Å². The van der Waals surface area contributed by atoms with Crippen LogP contribution in [0.1, 0.15) is 22.8 Å². The number of H-pyrrole nitrogens is 1. The first-order chi connectivity index (χ1) is 9.63. The highest BCUT2D eigenvalue weighted by molar-refractivity contribution is 7.99. The van der Waals surface area contributed by atoms with E-state index in [1.807, 2.05) is 36.4 Å². The predicted octanol–water partition coefficient (Wildman–Crippen LogP) is 4.23. The second-order valence-corrected chi connectivity index (χ2v) is 5.75. The first-order valence-electron chi connectivity index (χ1n) is 6.37. The topological polar surface area (TPSA) is 45.8 Å². The van der Waals surface area contributed by atoms with Gasteiger partial charge in [0.05, 0.1) is 11.0 Å². The van der Waals surface area contributed by atoms with Crippen molar-refractivity contribution in [3.63, 3.8) is 0 Å². The Morgan fingerprint density at radius 2 is 2.00 bits per heavy atom. The van der Waals surface area contributed by atoms with E-state index in [1.165, 1.54) is 17.3 Å². The monoisotopic (exact) mass is 282 g/mol. The van der Waals surface area contributed by atoms with Gasteiger partial charge in [0.2, 0.25) is 0 Å². The highest BCUT2D eigenvalue weighted by Gasteiger charge is 2.10. The fraction of sp³-hybridized carbons (Fsp3) is 0.125. The molecule has 0 radical (unpaired) electrons. The maximum absolute atomic E-state index is 11.6. The number of ketones is 1. The van der Waals surface area contributed by atoms with Crippen molar-refractivity contribution in [2.24, 2.45) is 0 Å². The summed E-state index contributed by atoms with van der Waals surface area (Å²) in [5.41, 5.74) is 3.89. The average molecular weight is 282 g/mol. The number of aromatic amines is 1. The Bertz CT molecular complexity index is 792. The Balaban J connectivity index is 1.99. The molecule has 1 N–H and O–H groups in total. The number of nitrogens with zero attached hydrogens (tertiary/aromatic N) is 1. The van der Waals surface area contributed by atoms with Crippen molar-refractivity contribution in [3.8, 4) is 0 Å². The maximum atomic E-state index is 11.6. The number of aromatic nitrogens is 2. The molecule has 1 heterocycles. The van der Waals surface area contributed by atoms with E-state index in [0.29, 0.717) is 0 Å². The lowest BCUT2D eigenvalue weighted by Gasteiger charge is -2.03. The Hall–Kier alpha value is -2.07. The first kappa shape index (κ1) is 12.9. The third-order valence-electron chi connectivity index (χ3n) is 3.09. The number of carbonyl (C=O) groups is 1. The summed E-state index contributed by atoms with van der Waals surface area (Å²) >= 11 is 1.49. The number of nitrogens with one attached hydrogen (secondary N) is 1. The second kappa shape index (κ2) is 5.13. The van der Waals surface area contributed by atoms with Crippen LogP contribution in [-0.4, -0.2) is 15.8 Å². The predicted molar refractivity (Wildman–Crippen MR) is 81.4 cm³/mol. The molecule has 0 aliphatic heterocycles. The molecule has 4 heteroatoms. The van der Waals surface area contributed by atoms with Gasteiger partial charge in [-0.25, -0.2) is 4.98 Å². The summed E-state index contributed by atoms with van der Waals surface area (Å²) in [4.78, 5) is 20.4. The van der Waals surface area contributed by atoms with Crippen molar-refractivity contribution >= 4 is 28.6 Å². The Labute approximate surface area is 121 Å². The van der Waals surface area contributed by atoms with Gasteiger partial charge in [0.15, 0.2) is 10.9 Å². The van der Waals surface area contributed by atoms with E-state index in [-0.39, 0.29) is 5.78 Å². The zero-order chi connectivity index (χ0) is 14.1. The Morgan fingerprint density at radius 3 is 2.80 bits per heavy atom. The summed E-state index contributed by atoms with van der Waals surface area (Å²) in [6, 6.07) is 13.7. The zero-order valence-corrected chi connectivity index (χ0v) is 12.1. The molecule has 0 bridgehead atoms. The average Bonchev–Trinajstić information content (AvgIpc) is 2.80. The normalized spacial score (nSPS) is 10.9. The molecule has 0 atom stereocenters. The van der Waals surface area contributed by atoms with Crippen LogP contribution in [0.2, 0.25) is 0 Å². The first-order valence-corrected chi connectivity index (χ1v) is 7.19. The lowest BCUT2D eigenvalue weighted by atomic mass is 10.1. The van der Waals surface area contributed by atoms with Crippen LogP contribution in [0.3, 0.4) is 0 Å². The molecule has 0 saturated heterocycles. The van der Waals surface area contributed by atoms with Crippen LogP contribution in [0.5, 0.6) is 0 Å². The molecule has 0 aliphatic carbocycles. The van der Waals surface area contributed by atoms with E-state index in [0.717, 1.165) is 26.6 Å². The van der Waals surface area contributed by atoms with Crippen molar-refractivity contribution in [1.82, 2.24) is 9.97 Å². The minimum absolute atomic E-state index is 0.0695. The number of aryl methyl sites for hydroxylation is 1. The molecule has 20 heavy (non-hydrogen) atoms. The fourth-order valence-corrected chi connectivity index (χ4v) is 3.08. The van der Waals surface area contributed by atoms with Crippen molar-refractivity contribution < 1.29 is 4.79 Å². The number of carbonyl (C=O) groups excluding carboxylic acids is 1. The fourth-order valence-electron chi connectivity index (χ4n) is 2.10. The molecule has 0 spiro atoms. The molecule has 0 amide bonds. The molecule has 3 nitrogen and oxygen atoms in total. The van der Waals surface area contributed by atoms with E-state index in [9.17, 15) is 4.79 Å². The molecule has 0 saturated carbocycles. The van der Waals surface area contributed by atoms with E-state index in [2.05, 4.69) is 23.0 Å². The summed E-state index contributed by atoms with van der Waals surface area (Å²) in [7, 11) is 0. The van der Waals surface area contributed by atoms with Gasteiger partial charge < -0.3 is 4.98 Å². The summed E-state index contributed by atoms with van der Waals surface area (Å²) in [5, 5.41) is 0.805. The zero-order valence-electron chi connectivity index (χ0n) is 11.3. The Morgan fingerprint density at radius 1 is 1.20 bits per heavy atom. The van der Waals surface area contributed by atoms with Gasteiger partial charge in [-0.3, -0.25) is 4.79 Å².